The molecule has 0 spiro atoms. The molecule has 1 aromatic rings. The lowest BCUT2D eigenvalue weighted by Crippen LogP contribution is -2.20. The van der Waals surface area contributed by atoms with Crippen LogP contribution in [0.4, 0.5) is 0 Å². The molecule has 2 N–H and O–H groups in total. The maximum absolute atomic E-state index is 5.64. The number of hydrogen-bond donors (Lipinski definition) is 1. The molecular weight excluding hydrogens is 138 g/mol. The quantitative estimate of drug-likeness (QED) is 0.642. The molecule has 1 aliphatic rings. The summed E-state index contributed by atoms with van der Waals surface area (Å²) in [5.74, 6) is 0.547. The number of aromatic nitrogens is 2. The predicted molar refractivity (Wildman–Crippen MR) is 43.3 cm³/mol. The summed E-state index contributed by atoms with van der Waals surface area (Å²) < 4.78 is 2.21. The third-order valence-electron chi connectivity index (χ3n) is 2.40. The summed E-state index contributed by atoms with van der Waals surface area (Å²) in [5, 5.41) is 0. The van der Waals surface area contributed by atoms with Crippen molar-refractivity contribution < 1.29 is 0 Å². The van der Waals surface area contributed by atoms with Crippen LogP contribution in [-0.2, 0) is 6.54 Å². The largest absolute Gasteiger partial charge is 0.334 e. The number of hydrogen-bond acceptors (Lipinski definition) is 2. The van der Waals surface area contributed by atoms with Crippen molar-refractivity contribution in [1.82, 2.24) is 9.55 Å². The van der Waals surface area contributed by atoms with Crippen LogP contribution in [0, 0.1) is 0 Å². The zero-order chi connectivity index (χ0) is 7.68. The van der Waals surface area contributed by atoms with E-state index in [9.17, 15) is 0 Å². The zero-order valence-electron chi connectivity index (χ0n) is 6.53. The van der Waals surface area contributed by atoms with Crippen LogP contribution in [0.15, 0.2) is 12.5 Å². The van der Waals surface area contributed by atoms with Crippen molar-refractivity contribution in [2.45, 2.75) is 25.3 Å². The van der Waals surface area contributed by atoms with Gasteiger partial charge in [-0.15, -0.1) is 0 Å². The number of nitrogens with zero attached hydrogens (tertiary/aromatic N) is 2. The molecule has 0 fully saturated rings. The molecule has 0 radical (unpaired) electrons. The van der Waals surface area contributed by atoms with E-state index in [1.54, 1.807) is 0 Å². The van der Waals surface area contributed by atoms with Gasteiger partial charge < -0.3 is 10.3 Å². The lowest BCUT2D eigenvalue weighted by atomic mass is 9.97. The molecular formula is C8H13N3. The topological polar surface area (TPSA) is 43.8 Å². The molecule has 0 aliphatic carbocycles. The van der Waals surface area contributed by atoms with Crippen LogP contribution < -0.4 is 5.73 Å². The average molecular weight is 151 g/mol. The SMILES string of the molecule is NCC1CCCn2cncc21. The number of imidazole rings is 1. The normalized spacial score (nSPS) is 23.2. The van der Waals surface area contributed by atoms with Gasteiger partial charge in [-0.25, -0.2) is 4.98 Å². The minimum absolute atomic E-state index is 0.547. The highest BCUT2D eigenvalue weighted by atomic mass is 15.1. The summed E-state index contributed by atoms with van der Waals surface area (Å²) in [6.07, 6.45) is 6.31. The Bertz CT molecular complexity index is 241. The molecule has 2 heterocycles. The smallest absolute Gasteiger partial charge is 0.0948 e. The number of nitrogens with two attached hydrogens (primary N) is 1. The van der Waals surface area contributed by atoms with E-state index in [-0.39, 0.29) is 0 Å². The molecule has 3 heteroatoms. The maximum Gasteiger partial charge on any atom is 0.0948 e. The molecule has 1 atom stereocenters. The van der Waals surface area contributed by atoms with Crippen LogP contribution in [0.1, 0.15) is 24.5 Å². The molecule has 1 unspecified atom stereocenters. The fourth-order valence-electron chi connectivity index (χ4n) is 1.75. The lowest BCUT2D eigenvalue weighted by molar-refractivity contribution is 0.459. The van der Waals surface area contributed by atoms with E-state index in [1.165, 1.54) is 18.5 Å². The van der Waals surface area contributed by atoms with E-state index < -0.39 is 0 Å². The molecule has 3 nitrogen and oxygen atoms in total. The van der Waals surface area contributed by atoms with E-state index in [2.05, 4.69) is 9.55 Å². The molecule has 1 aromatic heterocycles. The van der Waals surface area contributed by atoms with Crippen molar-refractivity contribution in [1.29, 1.82) is 0 Å². The minimum Gasteiger partial charge on any atom is -0.334 e. The molecule has 1 aliphatic heterocycles. The van der Waals surface area contributed by atoms with Gasteiger partial charge in [-0.2, -0.15) is 0 Å². The molecule has 0 bridgehead atoms. The monoisotopic (exact) mass is 151 g/mol. The number of rotatable bonds is 1. The molecule has 2 rings (SSSR count). The van der Waals surface area contributed by atoms with Crippen LogP contribution in [0.5, 0.6) is 0 Å². The lowest BCUT2D eigenvalue weighted by Gasteiger charge is -2.22. The summed E-state index contributed by atoms with van der Waals surface area (Å²) in [6.45, 7) is 1.87. The standard InChI is InChI=1S/C8H13N3/c9-4-7-2-1-3-11-6-10-5-8(7)11/h5-7H,1-4,9H2. The third kappa shape index (κ3) is 1.05. The minimum atomic E-state index is 0.547. The average Bonchev–Trinajstić information content (AvgIpc) is 2.50. The first kappa shape index (κ1) is 6.85. The summed E-state index contributed by atoms with van der Waals surface area (Å²) in [7, 11) is 0. The zero-order valence-corrected chi connectivity index (χ0v) is 6.53. The Hall–Kier alpha value is -0.830. The summed E-state index contributed by atoms with van der Waals surface area (Å²) >= 11 is 0. The van der Waals surface area contributed by atoms with Crippen molar-refractivity contribution in [2.24, 2.45) is 5.73 Å². The van der Waals surface area contributed by atoms with Gasteiger partial charge in [-0.05, 0) is 12.8 Å². The Kier molecular flexibility index (Phi) is 1.66. The summed E-state index contributed by atoms with van der Waals surface area (Å²) in [5.41, 5.74) is 6.95. The van der Waals surface area contributed by atoms with Crippen molar-refractivity contribution >= 4 is 0 Å². The van der Waals surface area contributed by atoms with E-state index in [0.717, 1.165) is 13.1 Å². The molecule has 11 heavy (non-hydrogen) atoms. The van der Waals surface area contributed by atoms with Crippen molar-refractivity contribution in [2.75, 3.05) is 6.54 Å². The molecule has 0 saturated carbocycles. The number of fused-ring (bicyclic) bond motifs is 1. The van der Waals surface area contributed by atoms with Crippen molar-refractivity contribution in [3.8, 4) is 0 Å². The Balaban J connectivity index is 2.32. The predicted octanol–water partition coefficient (Wildman–Crippen LogP) is 0.719. The first-order valence-electron chi connectivity index (χ1n) is 4.12. The molecule has 0 saturated heterocycles. The van der Waals surface area contributed by atoms with Crippen LogP contribution in [-0.4, -0.2) is 16.1 Å². The highest BCUT2D eigenvalue weighted by Gasteiger charge is 2.18. The first-order chi connectivity index (χ1) is 5.42. The highest BCUT2D eigenvalue weighted by Crippen LogP contribution is 2.24. The first-order valence-corrected chi connectivity index (χ1v) is 4.12. The Labute approximate surface area is 66.2 Å². The van der Waals surface area contributed by atoms with Gasteiger partial charge in [-0.3, -0.25) is 0 Å². The molecule has 60 valence electrons. The maximum atomic E-state index is 5.64. The third-order valence-corrected chi connectivity index (χ3v) is 2.40. The van der Waals surface area contributed by atoms with Gasteiger partial charge in [0.1, 0.15) is 0 Å². The van der Waals surface area contributed by atoms with Crippen molar-refractivity contribution in [3.05, 3.63) is 18.2 Å². The molecule has 0 aromatic carbocycles. The fraction of sp³-hybridized carbons (Fsp3) is 0.625. The van der Waals surface area contributed by atoms with Crippen molar-refractivity contribution in [3.63, 3.8) is 0 Å². The second kappa shape index (κ2) is 2.66. The second-order valence-electron chi connectivity index (χ2n) is 3.09. The number of aryl methyl sites for hydroxylation is 1. The van der Waals surface area contributed by atoms with Gasteiger partial charge in [0.05, 0.1) is 6.33 Å². The van der Waals surface area contributed by atoms with E-state index >= 15 is 0 Å². The van der Waals surface area contributed by atoms with Crippen LogP contribution >= 0.6 is 0 Å². The van der Waals surface area contributed by atoms with Crippen LogP contribution in [0.3, 0.4) is 0 Å². The van der Waals surface area contributed by atoms with Crippen LogP contribution in [0.25, 0.3) is 0 Å². The van der Waals surface area contributed by atoms with Gasteiger partial charge in [0.15, 0.2) is 0 Å². The van der Waals surface area contributed by atoms with Gasteiger partial charge in [-0.1, -0.05) is 0 Å². The molecule has 0 amide bonds. The van der Waals surface area contributed by atoms with Gasteiger partial charge >= 0.3 is 0 Å². The highest BCUT2D eigenvalue weighted by molar-refractivity contribution is 5.08. The Morgan fingerprint density at radius 2 is 2.64 bits per heavy atom. The summed E-state index contributed by atoms with van der Waals surface area (Å²) in [6, 6.07) is 0. The van der Waals surface area contributed by atoms with Gasteiger partial charge in [0.2, 0.25) is 0 Å². The van der Waals surface area contributed by atoms with Crippen LogP contribution in [0.2, 0.25) is 0 Å². The van der Waals surface area contributed by atoms with E-state index in [4.69, 9.17) is 5.73 Å². The Morgan fingerprint density at radius 1 is 1.73 bits per heavy atom. The summed E-state index contributed by atoms with van der Waals surface area (Å²) in [4.78, 5) is 4.11. The second-order valence-corrected chi connectivity index (χ2v) is 3.09. The van der Waals surface area contributed by atoms with E-state index in [1.807, 2.05) is 12.5 Å². The Morgan fingerprint density at radius 3 is 3.45 bits per heavy atom. The fourth-order valence-corrected chi connectivity index (χ4v) is 1.75. The van der Waals surface area contributed by atoms with Gasteiger partial charge in [0, 0.05) is 30.9 Å². The van der Waals surface area contributed by atoms with Gasteiger partial charge in [0.25, 0.3) is 0 Å². The van der Waals surface area contributed by atoms with E-state index in [0.29, 0.717) is 5.92 Å².